The number of phenolic OH excluding ortho intramolecular Hbond substituents is 1. The first kappa shape index (κ1) is 38.7. The summed E-state index contributed by atoms with van der Waals surface area (Å²) >= 11 is 0. The van der Waals surface area contributed by atoms with Gasteiger partial charge in [0, 0.05) is 55.9 Å². The number of aromatic amines is 3. The maximum Gasteiger partial charge on any atom is 0.339 e. The summed E-state index contributed by atoms with van der Waals surface area (Å²) in [6.07, 6.45) is 2.40. The van der Waals surface area contributed by atoms with Crippen molar-refractivity contribution in [3.8, 4) is 39.1 Å². The predicted molar refractivity (Wildman–Crippen MR) is 200 cm³/mol. The molecule has 1 aliphatic heterocycles. The lowest BCUT2D eigenvalue weighted by atomic mass is 9.99. The minimum Gasteiger partial charge on any atom is -0.507 e. The van der Waals surface area contributed by atoms with E-state index in [1.165, 1.54) is 54.6 Å². The molecule has 3 aromatic carbocycles. The van der Waals surface area contributed by atoms with Gasteiger partial charge in [0.15, 0.2) is 46.5 Å². The topological polar surface area (TPSA) is 137 Å². The van der Waals surface area contributed by atoms with Crippen LogP contribution in [0.1, 0.15) is 21.7 Å². The summed E-state index contributed by atoms with van der Waals surface area (Å²) in [5, 5.41) is 11.5. The van der Waals surface area contributed by atoms with Gasteiger partial charge >= 0.3 is 11.6 Å². The molecule has 1 aliphatic rings. The Morgan fingerprint density at radius 3 is 1.51 bits per heavy atom. The average molecular weight is 849 g/mol. The van der Waals surface area contributed by atoms with Gasteiger partial charge in [-0.25, -0.2) is 58.5 Å². The van der Waals surface area contributed by atoms with E-state index in [0.717, 1.165) is 19.3 Å². The number of fused-ring (bicyclic) bond motifs is 10. The normalized spacial score (nSPS) is 12.0. The van der Waals surface area contributed by atoms with Gasteiger partial charge in [-0.15, -0.1) is 0 Å². The Balaban J connectivity index is 1.52. The molecule has 19 heteroatoms. The molecule has 0 radical (unpaired) electrons. The number of nitrogens with zero attached hydrogens (tertiary/aromatic N) is 1. The van der Waals surface area contributed by atoms with Crippen molar-refractivity contribution in [3.63, 3.8) is 0 Å². The van der Waals surface area contributed by atoms with E-state index in [4.69, 9.17) is 9.15 Å². The molecule has 0 unspecified atom stereocenters. The van der Waals surface area contributed by atoms with Crippen molar-refractivity contribution in [1.29, 1.82) is 0 Å². The zero-order valence-electron chi connectivity index (χ0n) is 30.2. The van der Waals surface area contributed by atoms with Gasteiger partial charge < -0.3 is 29.2 Å². The molecule has 0 aliphatic carbocycles. The van der Waals surface area contributed by atoms with Crippen molar-refractivity contribution >= 4 is 62.2 Å². The number of aromatic hydroxyl groups is 1. The van der Waals surface area contributed by atoms with Gasteiger partial charge in [0.2, 0.25) is 11.6 Å². The number of methoxy groups -OCH3 is 1. The Kier molecular flexibility index (Phi) is 8.81. The zero-order chi connectivity index (χ0) is 43.3. The van der Waals surface area contributed by atoms with Gasteiger partial charge in [0.1, 0.15) is 11.3 Å². The lowest BCUT2D eigenvalue weighted by Crippen LogP contribution is -2.08. The van der Waals surface area contributed by atoms with Crippen LogP contribution in [-0.4, -0.2) is 38.1 Å². The number of phenols is 1. The van der Waals surface area contributed by atoms with E-state index in [9.17, 15) is 41.0 Å². The highest BCUT2D eigenvalue weighted by Gasteiger charge is 2.31. The van der Waals surface area contributed by atoms with Gasteiger partial charge in [-0.05, 0) is 60.7 Å². The van der Waals surface area contributed by atoms with Crippen LogP contribution in [0.15, 0.2) is 63.8 Å². The summed E-state index contributed by atoms with van der Waals surface area (Å²) in [6, 6.07) is 10.4. The molecule has 0 saturated heterocycles. The number of carbonyl (C=O) groups is 1. The molecule has 0 fully saturated rings. The molecular weight excluding hydrogens is 830 g/mol. The Morgan fingerprint density at radius 2 is 0.984 bits per heavy atom. The third kappa shape index (κ3) is 5.75. The van der Waals surface area contributed by atoms with Crippen LogP contribution in [0.2, 0.25) is 0 Å². The number of ether oxygens (including phenoxy) is 1. The summed E-state index contributed by atoms with van der Waals surface area (Å²) in [5.41, 5.74) is -7.82. The number of hydrogen-bond acceptors (Lipinski definition) is 6. The minimum absolute atomic E-state index is 0.00499. The third-order valence-electron chi connectivity index (χ3n) is 10.1. The van der Waals surface area contributed by atoms with E-state index >= 15 is 17.6 Å². The van der Waals surface area contributed by atoms with Crippen LogP contribution >= 0.6 is 0 Å². The fourth-order valence-corrected chi connectivity index (χ4v) is 7.33. The lowest BCUT2D eigenvalue weighted by molar-refractivity contribution is 0.0602. The standard InChI is InChI=1S/C42H18F10N4O5/c1-60-42(59)14-12-24(57)61-23-11-2-13(41(58)26(14)23)25-17-7-9-21(55-17)27(29-31(43)35(47)39(51)36(48)32(29)44)19-5-3-15(53-19)16-4-6-20(54-16)28(22-10-8-18(25)56-22)30-33(45)37(49)40(52)38(50)34(30)46/h2-12,53,55-56,58H,1H3. The summed E-state index contributed by atoms with van der Waals surface area (Å²) < 4.78 is 161. The number of benzene rings is 3. The highest BCUT2D eigenvalue weighted by atomic mass is 19.2. The van der Waals surface area contributed by atoms with Crippen molar-refractivity contribution < 1.29 is 63.0 Å². The molecule has 61 heavy (non-hydrogen) atoms. The first-order chi connectivity index (χ1) is 29.1. The number of halogens is 10. The second kappa shape index (κ2) is 13.9. The van der Waals surface area contributed by atoms with Crippen molar-refractivity contribution in [2.75, 3.05) is 7.11 Å². The molecule has 5 aromatic heterocycles. The van der Waals surface area contributed by atoms with Crippen LogP contribution < -0.4 is 5.63 Å². The quantitative estimate of drug-likeness (QED) is 0.0458. The monoisotopic (exact) mass is 848 g/mol. The fourth-order valence-electron chi connectivity index (χ4n) is 7.33. The Morgan fingerprint density at radius 1 is 0.557 bits per heavy atom. The molecule has 4 N–H and O–H groups in total. The van der Waals surface area contributed by atoms with Crippen molar-refractivity contribution in [3.05, 3.63) is 140 Å². The Labute approximate surface area is 331 Å². The highest BCUT2D eigenvalue weighted by molar-refractivity contribution is 6.10. The largest absolute Gasteiger partial charge is 0.507 e. The van der Waals surface area contributed by atoms with E-state index in [2.05, 4.69) is 19.9 Å². The van der Waals surface area contributed by atoms with Gasteiger partial charge in [-0.1, -0.05) is 0 Å². The SMILES string of the molecule is COC(=O)c1cc(=O)oc2ccc(-c3c4ccc([nH]4)c(-c4c(F)c(F)c(F)c(F)c4F)c4nc(c5ccc([nH]5)c(-c5c(F)c(F)c(F)c(F)c5F)c5ccc3[nH]5)C=C4)c(O)c12. The molecule has 8 aromatic rings. The molecule has 306 valence electrons. The van der Waals surface area contributed by atoms with Crippen LogP contribution in [0.25, 0.3) is 89.6 Å². The maximum atomic E-state index is 15.7. The second-order valence-corrected chi connectivity index (χ2v) is 13.4. The molecule has 6 heterocycles. The summed E-state index contributed by atoms with van der Waals surface area (Å²) in [4.78, 5) is 38.0. The Hall–Kier alpha value is -7.83. The van der Waals surface area contributed by atoms with Crippen LogP contribution in [0.4, 0.5) is 43.9 Å². The summed E-state index contributed by atoms with van der Waals surface area (Å²) in [5.74, 6) is -24.7. The first-order valence-corrected chi connectivity index (χ1v) is 17.4. The molecule has 0 amide bonds. The fraction of sp³-hybridized carbons (Fsp3) is 0.0238. The van der Waals surface area contributed by atoms with E-state index in [-0.39, 0.29) is 66.6 Å². The molecule has 8 bridgehead atoms. The first-order valence-electron chi connectivity index (χ1n) is 17.4. The molecule has 9 nitrogen and oxygen atoms in total. The van der Waals surface area contributed by atoms with Gasteiger partial charge in [0.05, 0.1) is 46.1 Å². The molecular formula is C42H18F10N4O5. The van der Waals surface area contributed by atoms with Crippen LogP contribution in [0.5, 0.6) is 5.75 Å². The molecule has 9 rings (SSSR count). The van der Waals surface area contributed by atoms with Crippen LogP contribution in [-0.2, 0) is 4.74 Å². The average Bonchev–Trinajstić information content (AvgIpc) is 4.10. The number of esters is 1. The maximum absolute atomic E-state index is 15.7. The van der Waals surface area contributed by atoms with Crippen LogP contribution in [0, 0.1) is 58.2 Å². The number of hydrogen-bond donors (Lipinski definition) is 4. The second-order valence-electron chi connectivity index (χ2n) is 13.4. The third-order valence-corrected chi connectivity index (χ3v) is 10.1. The van der Waals surface area contributed by atoms with Gasteiger partial charge in [-0.3, -0.25) is 0 Å². The molecule has 0 saturated carbocycles. The van der Waals surface area contributed by atoms with Gasteiger partial charge in [0.25, 0.3) is 0 Å². The lowest BCUT2D eigenvalue weighted by Gasteiger charge is -2.11. The minimum atomic E-state index is -2.44. The van der Waals surface area contributed by atoms with Crippen molar-refractivity contribution in [2.24, 2.45) is 0 Å². The number of H-pyrrole nitrogens is 3. The number of rotatable bonds is 4. The Bertz CT molecular complexity index is 3440. The highest BCUT2D eigenvalue weighted by Crippen LogP contribution is 2.44. The van der Waals surface area contributed by atoms with E-state index in [1.807, 2.05) is 0 Å². The van der Waals surface area contributed by atoms with Crippen molar-refractivity contribution in [1.82, 2.24) is 19.9 Å². The van der Waals surface area contributed by atoms with E-state index in [0.29, 0.717) is 0 Å². The summed E-state index contributed by atoms with van der Waals surface area (Å²) in [7, 11) is 0.994. The van der Waals surface area contributed by atoms with Crippen molar-refractivity contribution in [2.45, 2.75) is 0 Å². The number of nitrogens with one attached hydrogen (secondary N) is 3. The van der Waals surface area contributed by atoms with E-state index in [1.54, 1.807) is 0 Å². The van der Waals surface area contributed by atoms with Gasteiger partial charge in [-0.2, -0.15) is 0 Å². The summed E-state index contributed by atoms with van der Waals surface area (Å²) in [6.45, 7) is 0. The smallest absolute Gasteiger partial charge is 0.339 e. The van der Waals surface area contributed by atoms with E-state index < -0.39 is 103 Å². The number of carbonyl (C=O) groups excluding carboxylic acids is 1. The molecule has 0 atom stereocenters. The number of aromatic nitrogens is 4. The zero-order valence-corrected chi connectivity index (χ0v) is 30.2. The van der Waals surface area contributed by atoms with Crippen LogP contribution in [0.3, 0.4) is 0 Å². The predicted octanol–water partition coefficient (Wildman–Crippen LogP) is 10.7. The molecule has 0 spiro atoms.